The van der Waals surface area contributed by atoms with Gasteiger partial charge < -0.3 is 15.0 Å². The smallest absolute Gasteiger partial charge is 0.201 e. The standard InChI is InChI=1S/C15H21N3O/c1-2-19-10-9-15(7-8-15)11-16-14-17-12-5-3-4-6-13(12)18-14/h3-6H,2,7-11H2,1H3,(H2,16,17,18). The van der Waals surface area contributed by atoms with Crippen LogP contribution in [0.1, 0.15) is 26.2 Å². The van der Waals surface area contributed by atoms with Gasteiger partial charge in [-0.2, -0.15) is 0 Å². The Kier molecular flexibility index (Phi) is 3.42. The van der Waals surface area contributed by atoms with Gasteiger partial charge in [0, 0.05) is 19.8 Å². The van der Waals surface area contributed by atoms with E-state index in [0.717, 1.165) is 43.2 Å². The van der Waals surface area contributed by atoms with E-state index in [9.17, 15) is 0 Å². The summed E-state index contributed by atoms with van der Waals surface area (Å²) < 4.78 is 5.46. The highest BCUT2D eigenvalue weighted by Crippen LogP contribution is 2.48. The maximum Gasteiger partial charge on any atom is 0.201 e. The summed E-state index contributed by atoms with van der Waals surface area (Å²) in [5, 5.41) is 3.44. The predicted octanol–water partition coefficient (Wildman–Crippen LogP) is 3.18. The maximum absolute atomic E-state index is 5.46. The van der Waals surface area contributed by atoms with Crippen LogP contribution in [0.2, 0.25) is 0 Å². The summed E-state index contributed by atoms with van der Waals surface area (Å²) in [5.41, 5.74) is 2.54. The quantitative estimate of drug-likeness (QED) is 0.751. The summed E-state index contributed by atoms with van der Waals surface area (Å²) in [5.74, 6) is 0.879. The molecule has 0 radical (unpaired) electrons. The molecule has 1 saturated carbocycles. The number of nitrogens with zero attached hydrogens (tertiary/aromatic N) is 1. The largest absolute Gasteiger partial charge is 0.382 e. The molecule has 1 aromatic heterocycles. The number of hydrogen-bond donors (Lipinski definition) is 2. The van der Waals surface area contributed by atoms with E-state index in [4.69, 9.17) is 4.74 Å². The second-order valence-electron chi connectivity index (χ2n) is 5.40. The van der Waals surface area contributed by atoms with E-state index in [2.05, 4.69) is 21.4 Å². The van der Waals surface area contributed by atoms with Crippen molar-refractivity contribution >= 4 is 17.0 Å². The van der Waals surface area contributed by atoms with E-state index in [0.29, 0.717) is 5.41 Å². The molecular formula is C15H21N3O. The first-order valence-electron chi connectivity index (χ1n) is 7.08. The fourth-order valence-electron chi connectivity index (χ4n) is 2.43. The van der Waals surface area contributed by atoms with Crippen LogP contribution < -0.4 is 5.32 Å². The van der Waals surface area contributed by atoms with Crippen LogP contribution in [0, 0.1) is 5.41 Å². The minimum atomic E-state index is 0.439. The second kappa shape index (κ2) is 5.21. The number of H-pyrrole nitrogens is 1. The molecule has 19 heavy (non-hydrogen) atoms. The van der Waals surface area contributed by atoms with Crippen LogP contribution in [0.15, 0.2) is 24.3 Å². The molecule has 4 nitrogen and oxygen atoms in total. The van der Waals surface area contributed by atoms with Crippen LogP contribution in [0.5, 0.6) is 0 Å². The Hall–Kier alpha value is -1.55. The SMILES string of the molecule is CCOCCC1(CNc2nc3ccccc3[nH]2)CC1. The van der Waals surface area contributed by atoms with Crippen molar-refractivity contribution < 1.29 is 4.74 Å². The average Bonchev–Trinajstić information content (AvgIpc) is 3.07. The van der Waals surface area contributed by atoms with E-state index in [1.165, 1.54) is 12.8 Å². The average molecular weight is 259 g/mol. The lowest BCUT2D eigenvalue weighted by Gasteiger charge is -2.15. The molecule has 2 aromatic rings. The molecular weight excluding hydrogens is 238 g/mol. The lowest BCUT2D eigenvalue weighted by Crippen LogP contribution is -2.18. The number of anilines is 1. The normalized spacial score (nSPS) is 16.7. The maximum atomic E-state index is 5.46. The zero-order valence-corrected chi connectivity index (χ0v) is 11.4. The zero-order valence-electron chi connectivity index (χ0n) is 11.4. The Labute approximate surface area is 113 Å². The van der Waals surface area contributed by atoms with Crippen LogP contribution in [-0.2, 0) is 4.74 Å². The monoisotopic (exact) mass is 259 g/mol. The third kappa shape index (κ3) is 2.89. The van der Waals surface area contributed by atoms with E-state index < -0.39 is 0 Å². The van der Waals surface area contributed by atoms with Gasteiger partial charge in [-0.3, -0.25) is 0 Å². The molecule has 1 heterocycles. The van der Waals surface area contributed by atoms with Crippen LogP contribution in [0.4, 0.5) is 5.95 Å². The second-order valence-corrected chi connectivity index (χ2v) is 5.40. The molecule has 0 saturated heterocycles. The number of rotatable bonds is 7. The number of hydrogen-bond acceptors (Lipinski definition) is 3. The molecule has 4 heteroatoms. The number of aromatic amines is 1. The molecule has 1 aliphatic carbocycles. The number of fused-ring (bicyclic) bond motifs is 1. The Balaban J connectivity index is 1.57. The van der Waals surface area contributed by atoms with Gasteiger partial charge in [0.2, 0.25) is 5.95 Å². The van der Waals surface area contributed by atoms with Crippen molar-refractivity contribution in [2.45, 2.75) is 26.2 Å². The summed E-state index contributed by atoms with van der Waals surface area (Å²) in [7, 11) is 0. The van der Waals surface area contributed by atoms with Crippen LogP contribution in [-0.4, -0.2) is 29.7 Å². The first-order valence-corrected chi connectivity index (χ1v) is 7.08. The summed E-state index contributed by atoms with van der Waals surface area (Å²) in [6.07, 6.45) is 3.74. The fourth-order valence-corrected chi connectivity index (χ4v) is 2.43. The Bertz CT molecular complexity index is 512. The summed E-state index contributed by atoms with van der Waals surface area (Å²) >= 11 is 0. The molecule has 0 spiro atoms. The Morgan fingerprint density at radius 1 is 1.37 bits per heavy atom. The van der Waals surface area contributed by atoms with Crippen molar-refractivity contribution in [3.05, 3.63) is 24.3 Å². The number of imidazole rings is 1. The molecule has 0 amide bonds. The van der Waals surface area contributed by atoms with Gasteiger partial charge in [-0.15, -0.1) is 0 Å². The van der Waals surface area contributed by atoms with Gasteiger partial charge in [-0.25, -0.2) is 4.98 Å². The Morgan fingerprint density at radius 3 is 2.95 bits per heavy atom. The highest BCUT2D eigenvalue weighted by atomic mass is 16.5. The van der Waals surface area contributed by atoms with Crippen molar-refractivity contribution in [1.29, 1.82) is 0 Å². The fraction of sp³-hybridized carbons (Fsp3) is 0.533. The molecule has 1 aromatic carbocycles. The molecule has 0 unspecified atom stereocenters. The molecule has 0 bridgehead atoms. The van der Waals surface area contributed by atoms with Crippen molar-refractivity contribution in [3.63, 3.8) is 0 Å². The lowest BCUT2D eigenvalue weighted by molar-refractivity contribution is 0.130. The highest BCUT2D eigenvalue weighted by Gasteiger charge is 2.41. The van der Waals surface area contributed by atoms with Crippen molar-refractivity contribution in [2.24, 2.45) is 5.41 Å². The summed E-state index contributed by atoms with van der Waals surface area (Å²) in [4.78, 5) is 7.85. The topological polar surface area (TPSA) is 49.9 Å². The Morgan fingerprint density at radius 2 is 2.21 bits per heavy atom. The zero-order chi connectivity index (χ0) is 13.1. The number of ether oxygens (including phenoxy) is 1. The highest BCUT2D eigenvalue weighted by molar-refractivity contribution is 5.77. The molecule has 0 atom stereocenters. The van der Waals surface area contributed by atoms with Gasteiger partial charge in [0.25, 0.3) is 0 Å². The van der Waals surface area contributed by atoms with Crippen molar-refractivity contribution in [2.75, 3.05) is 25.1 Å². The van der Waals surface area contributed by atoms with Crippen molar-refractivity contribution in [1.82, 2.24) is 9.97 Å². The van der Waals surface area contributed by atoms with Gasteiger partial charge >= 0.3 is 0 Å². The molecule has 1 aliphatic rings. The minimum absolute atomic E-state index is 0.439. The van der Waals surface area contributed by atoms with Gasteiger partial charge in [-0.1, -0.05) is 12.1 Å². The molecule has 102 valence electrons. The van der Waals surface area contributed by atoms with E-state index >= 15 is 0 Å². The number of aromatic nitrogens is 2. The van der Waals surface area contributed by atoms with Gasteiger partial charge in [-0.05, 0) is 43.7 Å². The minimum Gasteiger partial charge on any atom is -0.382 e. The van der Waals surface area contributed by atoms with Crippen LogP contribution >= 0.6 is 0 Å². The number of nitrogens with one attached hydrogen (secondary N) is 2. The van der Waals surface area contributed by atoms with Crippen LogP contribution in [0.25, 0.3) is 11.0 Å². The third-order valence-corrected chi connectivity index (χ3v) is 3.96. The molecule has 3 rings (SSSR count). The van der Waals surface area contributed by atoms with Gasteiger partial charge in [0.05, 0.1) is 11.0 Å². The van der Waals surface area contributed by atoms with Gasteiger partial charge in [0.15, 0.2) is 0 Å². The summed E-state index contributed by atoms with van der Waals surface area (Å²) in [6.45, 7) is 4.72. The van der Waals surface area contributed by atoms with Gasteiger partial charge in [0.1, 0.15) is 0 Å². The van der Waals surface area contributed by atoms with Crippen molar-refractivity contribution in [3.8, 4) is 0 Å². The number of para-hydroxylation sites is 2. The molecule has 2 N–H and O–H groups in total. The van der Waals surface area contributed by atoms with E-state index in [1.54, 1.807) is 0 Å². The van der Waals surface area contributed by atoms with Crippen LogP contribution in [0.3, 0.4) is 0 Å². The molecule has 1 fully saturated rings. The number of benzene rings is 1. The van der Waals surface area contributed by atoms with E-state index in [1.807, 2.05) is 25.1 Å². The first kappa shape index (κ1) is 12.5. The first-order chi connectivity index (χ1) is 9.31. The van der Waals surface area contributed by atoms with E-state index in [-0.39, 0.29) is 0 Å². The predicted molar refractivity (Wildman–Crippen MR) is 77.4 cm³/mol. The molecule has 0 aliphatic heterocycles. The summed E-state index contributed by atoms with van der Waals surface area (Å²) in [6, 6.07) is 8.11. The lowest BCUT2D eigenvalue weighted by atomic mass is 10.0. The third-order valence-electron chi connectivity index (χ3n) is 3.96.